The lowest BCUT2D eigenvalue weighted by Gasteiger charge is -2.00. The first-order valence-corrected chi connectivity index (χ1v) is 4.60. The van der Waals surface area contributed by atoms with E-state index in [-0.39, 0.29) is 6.04 Å². The van der Waals surface area contributed by atoms with Gasteiger partial charge in [-0.15, -0.1) is 0 Å². The third-order valence-corrected chi connectivity index (χ3v) is 2.14. The summed E-state index contributed by atoms with van der Waals surface area (Å²) in [7, 11) is 0. The molecular formula is C10H10ClNO. The van der Waals surface area contributed by atoms with Gasteiger partial charge in [0.25, 0.3) is 0 Å². The van der Waals surface area contributed by atoms with Crippen LogP contribution in [0.5, 0.6) is 0 Å². The molecule has 1 heterocycles. The van der Waals surface area contributed by atoms with Crippen LogP contribution in [0.15, 0.2) is 29.3 Å². The molecule has 0 bridgehead atoms. The topological polar surface area (TPSA) is 21.6 Å². The van der Waals surface area contributed by atoms with Crippen LogP contribution in [0.3, 0.4) is 0 Å². The summed E-state index contributed by atoms with van der Waals surface area (Å²) in [5, 5.41) is 0.732. The van der Waals surface area contributed by atoms with E-state index in [1.54, 1.807) is 0 Å². The van der Waals surface area contributed by atoms with Crippen molar-refractivity contribution in [2.75, 3.05) is 6.61 Å². The first-order valence-electron chi connectivity index (χ1n) is 4.22. The van der Waals surface area contributed by atoms with Gasteiger partial charge in [-0.05, 0) is 31.2 Å². The zero-order valence-corrected chi connectivity index (χ0v) is 8.08. The molecule has 68 valence electrons. The fraction of sp³-hybridized carbons (Fsp3) is 0.300. The average Bonchev–Trinajstić information content (AvgIpc) is 2.53. The molecule has 13 heavy (non-hydrogen) atoms. The standard InChI is InChI=1S/C10H10ClNO/c1-7-6-13-10(12-7)8-2-4-9(11)5-3-8/h2-5,7H,6H2,1H3/t7-/m1/s1. The van der Waals surface area contributed by atoms with Crippen LogP contribution in [0.1, 0.15) is 12.5 Å². The number of nitrogens with zero attached hydrogens (tertiary/aromatic N) is 1. The molecular weight excluding hydrogens is 186 g/mol. The van der Waals surface area contributed by atoms with Gasteiger partial charge < -0.3 is 4.74 Å². The molecule has 2 rings (SSSR count). The zero-order chi connectivity index (χ0) is 9.26. The van der Waals surface area contributed by atoms with Crippen molar-refractivity contribution in [2.24, 2.45) is 4.99 Å². The lowest BCUT2D eigenvalue weighted by Crippen LogP contribution is -2.01. The summed E-state index contributed by atoms with van der Waals surface area (Å²) >= 11 is 5.77. The molecule has 0 saturated heterocycles. The smallest absolute Gasteiger partial charge is 0.216 e. The molecule has 0 spiro atoms. The van der Waals surface area contributed by atoms with Gasteiger partial charge in [-0.25, -0.2) is 4.99 Å². The van der Waals surface area contributed by atoms with Gasteiger partial charge in [0, 0.05) is 10.6 Å². The number of halogens is 1. The Morgan fingerprint density at radius 3 is 2.62 bits per heavy atom. The number of hydrogen-bond acceptors (Lipinski definition) is 2. The van der Waals surface area contributed by atoms with E-state index in [9.17, 15) is 0 Å². The van der Waals surface area contributed by atoms with Gasteiger partial charge in [-0.3, -0.25) is 0 Å². The summed E-state index contributed by atoms with van der Waals surface area (Å²) in [5.41, 5.74) is 0.994. The maximum Gasteiger partial charge on any atom is 0.216 e. The fourth-order valence-electron chi connectivity index (χ4n) is 1.22. The number of ether oxygens (including phenoxy) is 1. The van der Waals surface area contributed by atoms with Crippen molar-refractivity contribution in [3.8, 4) is 0 Å². The Labute approximate surface area is 82.2 Å². The second-order valence-corrected chi connectivity index (χ2v) is 3.54. The summed E-state index contributed by atoms with van der Waals surface area (Å²) in [6, 6.07) is 7.78. The number of aliphatic imine (C=N–C) groups is 1. The minimum atomic E-state index is 0.269. The highest BCUT2D eigenvalue weighted by Crippen LogP contribution is 2.14. The predicted molar refractivity (Wildman–Crippen MR) is 53.4 cm³/mol. The first kappa shape index (κ1) is 8.57. The van der Waals surface area contributed by atoms with Crippen LogP contribution in [0, 0.1) is 0 Å². The SMILES string of the molecule is C[C@@H]1COC(c2ccc(Cl)cc2)=N1. The van der Waals surface area contributed by atoms with Crippen LogP contribution >= 0.6 is 11.6 Å². The van der Waals surface area contributed by atoms with Crippen molar-refractivity contribution >= 4 is 17.5 Å². The highest BCUT2D eigenvalue weighted by molar-refractivity contribution is 6.30. The molecule has 1 atom stereocenters. The van der Waals surface area contributed by atoms with Gasteiger partial charge in [0.15, 0.2) is 0 Å². The van der Waals surface area contributed by atoms with Crippen LogP contribution in [-0.4, -0.2) is 18.5 Å². The second-order valence-electron chi connectivity index (χ2n) is 3.10. The van der Waals surface area contributed by atoms with Crippen molar-refractivity contribution in [2.45, 2.75) is 13.0 Å². The second kappa shape index (κ2) is 3.38. The molecule has 0 aliphatic carbocycles. The van der Waals surface area contributed by atoms with E-state index in [0.29, 0.717) is 6.61 Å². The van der Waals surface area contributed by atoms with E-state index < -0.39 is 0 Å². The van der Waals surface area contributed by atoms with Crippen molar-refractivity contribution in [1.82, 2.24) is 0 Å². The Morgan fingerprint density at radius 1 is 1.38 bits per heavy atom. The molecule has 1 aliphatic heterocycles. The fourth-order valence-corrected chi connectivity index (χ4v) is 1.35. The molecule has 0 fully saturated rings. The summed E-state index contributed by atoms with van der Waals surface area (Å²) in [6.07, 6.45) is 0. The molecule has 0 N–H and O–H groups in total. The van der Waals surface area contributed by atoms with Crippen molar-refractivity contribution in [1.29, 1.82) is 0 Å². The number of hydrogen-bond donors (Lipinski definition) is 0. The molecule has 1 aromatic rings. The summed E-state index contributed by atoms with van der Waals surface area (Å²) in [6.45, 7) is 2.71. The lowest BCUT2D eigenvalue weighted by molar-refractivity contribution is 0.324. The highest BCUT2D eigenvalue weighted by Gasteiger charge is 2.15. The predicted octanol–water partition coefficient (Wildman–Crippen LogP) is 2.51. The van der Waals surface area contributed by atoms with Crippen LogP contribution in [0.2, 0.25) is 5.02 Å². The minimum Gasteiger partial charge on any atom is -0.475 e. The summed E-state index contributed by atoms with van der Waals surface area (Å²) in [4.78, 5) is 4.34. The third-order valence-electron chi connectivity index (χ3n) is 1.89. The lowest BCUT2D eigenvalue weighted by atomic mass is 10.2. The van der Waals surface area contributed by atoms with E-state index in [4.69, 9.17) is 16.3 Å². The van der Waals surface area contributed by atoms with Gasteiger partial charge in [-0.1, -0.05) is 11.6 Å². The quantitative estimate of drug-likeness (QED) is 0.675. The molecule has 0 aromatic heterocycles. The van der Waals surface area contributed by atoms with E-state index in [1.165, 1.54) is 0 Å². The Hall–Kier alpha value is -1.02. The number of rotatable bonds is 1. The van der Waals surface area contributed by atoms with E-state index in [2.05, 4.69) is 4.99 Å². The van der Waals surface area contributed by atoms with E-state index in [0.717, 1.165) is 16.5 Å². The molecule has 3 heteroatoms. The Kier molecular flexibility index (Phi) is 2.23. The molecule has 1 aliphatic rings. The molecule has 0 unspecified atom stereocenters. The Bertz CT molecular complexity index is 331. The molecule has 1 aromatic carbocycles. The van der Waals surface area contributed by atoms with Gasteiger partial charge in [0.1, 0.15) is 6.61 Å². The van der Waals surface area contributed by atoms with Crippen molar-refractivity contribution in [3.05, 3.63) is 34.9 Å². The maximum absolute atomic E-state index is 5.77. The first-order chi connectivity index (χ1) is 6.25. The van der Waals surface area contributed by atoms with Gasteiger partial charge in [-0.2, -0.15) is 0 Å². The van der Waals surface area contributed by atoms with Gasteiger partial charge >= 0.3 is 0 Å². The minimum absolute atomic E-state index is 0.269. The molecule has 2 nitrogen and oxygen atoms in total. The largest absolute Gasteiger partial charge is 0.475 e. The molecule has 0 radical (unpaired) electrons. The summed E-state index contributed by atoms with van der Waals surface area (Å²) in [5.74, 6) is 0.726. The highest BCUT2D eigenvalue weighted by atomic mass is 35.5. The van der Waals surface area contributed by atoms with Gasteiger partial charge in [0.2, 0.25) is 5.90 Å². The normalized spacial score (nSPS) is 21.1. The molecule has 0 amide bonds. The Balaban J connectivity index is 2.26. The molecule has 0 saturated carbocycles. The van der Waals surface area contributed by atoms with E-state index in [1.807, 2.05) is 31.2 Å². The summed E-state index contributed by atoms with van der Waals surface area (Å²) < 4.78 is 5.40. The monoisotopic (exact) mass is 195 g/mol. The van der Waals surface area contributed by atoms with Crippen molar-refractivity contribution < 1.29 is 4.74 Å². The third kappa shape index (κ3) is 1.83. The number of benzene rings is 1. The average molecular weight is 196 g/mol. The van der Waals surface area contributed by atoms with E-state index >= 15 is 0 Å². The van der Waals surface area contributed by atoms with Crippen LogP contribution in [-0.2, 0) is 4.74 Å². The maximum atomic E-state index is 5.77. The van der Waals surface area contributed by atoms with Gasteiger partial charge in [0.05, 0.1) is 6.04 Å². The zero-order valence-electron chi connectivity index (χ0n) is 7.33. The van der Waals surface area contributed by atoms with Crippen LogP contribution in [0.25, 0.3) is 0 Å². The van der Waals surface area contributed by atoms with Crippen molar-refractivity contribution in [3.63, 3.8) is 0 Å². The van der Waals surface area contributed by atoms with Crippen LogP contribution < -0.4 is 0 Å². The Morgan fingerprint density at radius 2 is 2.08 bits per heavy atom. The van der Waals surface area contributed by atoms with Crippen LogP contribution in [0.4, 0.5) is 0 Å².